The van der Waals surface area contributed by atoms with Gasteiger partial charge in [0.05, 0.1) is 22.0 Å². The van der Waals surface area contributed by atoms with Crippen LogP contribution in [-0.4, -0.2) is 63.1 Å². The Balaban J connectivity index is 0.000000638. The second-order valence-corrected chi connectivity index (χ2v) is 7.94. The number of carboxylic acid groups (broad SMARTS) is 2. The fourth-order valence-corrected chi connectivity index (χ4v) is 3.32. The number of hydrogen-bond acceptors (Lipinski definition) is 8. The summed E-state index contributed by atoms with van der Waals surface area (Å²) >= 11 is 0. The summed E-state index contributed by atoms with van der Waals surface area (Å²) in [5.41, 5.74) is 6.15. The van der Waals surface area contributed by atoms with Crippen molar-refractivity contribution in [1.29, 1.82) is 0 Å². The summed E-state index contributed by atoms with van der Waals surface area (Å²) in [4.78, 5) is 57.5. The topological polar surface area (TPSA) is 190 Å². The number of nitrogens with zero attached hydrogens (tertiary/aromatic N) is 2. The predicted octanol–water partition coefficient (Wildman–Crippen LogP) is 2.84. The second-order valence-electron chi connectivity index (χ2n) is 7.94. The number of likely N-dealkylation sites (tertiary alicyclic amines) is 1. The van der Waals surface area contributed by atoms with E-state index in [4.69, 9.17) is 25.5 Å². The van der Waals surface area contributed by atoms with Crippen LogP contribution < -0.4 is 10.5 Å². The van der Waals surface area contributed by atoms with Gasteiger partial charge in [-0.05, 0) is 36.6 Å². The number of piperidine rings is 1. The number of non-ortho nitro benzene ring substituents is 1. The van der Waals surface area contributed by atoms with Crippen LogP contribution >= 0.6 is 0 Å². The number of amides is 1. The van der Waals surface area contributed by atoms with Crippen LogP contribution in [0.5, 0.6) is 5.75 Å². The van der Waals surface area contributed by atoms with E-state index in [9.17, 15) is 37.7 Å². The molecule has 0 atom stereocenters. The molecule has 2 aromatic rings. The molecule has 15 heteroatoms. The van der Waals surface area contributed by atoms with Gasteiger partial charge < -0.3 is 25.6 Å². The van der Waals surface area contributed by atoms with Crippen LogP contribution in [0.1, 0.15) is 39.1 Å². The van der Waals surface area contributed by atoms with Crippen LogP contribution in [0.2, 0.25) is 0 Å². The van der Waals surface area contributed by atoms with Gasteiger partial charge in [0.15, 0.2) is 0 Å². The number of esters is 1. The Morgan fingerprint density at radius 1 is 1.05 bits per heavy atom. The van der Waals surface area contributed by atoms with E-state index in [1.165, 1.54) is 23.1 Å². The first-order valence-corrected chi connectivity index (χ1v) is 10.9. The Kier molecular flexibility index (Phi) is 9.87. The predicted molar refractivity (Wildman–Crippen MR) is 122 cm³/mol. The van der Waals surface area contributed by atoms with Gasteiger partial charge in [0.1, 0.15) is 5.75 Å². The number of aliphatic carboxylic acids is 2. The third kappa shape index (κ3) is 7.99. The normalized spacial score (nSPS) is 13.6. The van der Waals surface area contributed by atoms with Crippen LogP contribution in [0.25, 0.3) is 0 Å². The number of benzene rings is 2. The molecule has 0 radical (unpaired) electrons. The van der Waals surface area contributed by atoms with Gasteiger partial charge in [-0.25, -0.2) is 9.59 Å². The average Bonchev–Trinajstić information content (AvgIpc) is 2.88. The van der Waals surface area contributed by atoms with Crippen molar-refractivity contribution in [2.45, 2.75) is 25.6 Å². The Morgan fingerprint density at radius 2 is 1.61 bits per heavy atom. The first kappa shape index (κ1) is 29.7. The van der Waals surface area contributed by atoms with Crippen molar-refractivity contribution in [3.05, 3.63) is 69.3 Å². The van der Waals surface area contributed by atoms with Crippen molar-refractivity contribution in [1.82, 2.24) is 4.90 Å². The van der Waals surface area contributed by atoms with Gasteiger partial charge in [-0.3, -0.25) is 19.7 Å². The van der Waals surface area contributed by atoms with Gasteiger partial charge in [-0.2, -0.15) is 13.2 Å². The lowest BCUT2D eigenvalue weighted by atomic mass is 9.96. The number of nitro benzene ring substituents is 1. The van der Waals surface area contributed by atoms with E-state index < -0.39 is 40.8 Å². The number of ether oxygens (including phenoxy) is 1. The molecular formula is C23H22F3N3O9. The van der Waals surface area contributed by atoms with Crippen molar-refractivity contribution in [2.75, 3.05) is 13.1 Å². The number of nitrogens with two attached hydrogens (primary N) is 1. The van der Waals surface area contributed by atoms with Gasteiger partial charge in [-0.1, -0.05) is 12.1 Å². The van der Waals surface area contributed by atoms with Crippen molar-refractivity contribution in [2.24, 2.45) is 11.7 Å². The van der Waals surface area contributed by atoms with Gasteiger partial charge in [-0.15, -0.1) is 0 Å². The summed E-state index contributed by atoms with van der Waals surface area (Å²) in [5.74, 6) is -5.61. The van der Waals surface area contributed by atoms with Crippen LogP contribution in [0.4, 0.5) is 18.9 Å². The Bertz CT molecular complexity index is 1210. The molecule has 2 aromatic carbocycles. The highest BCUT2D eigenvalue weighted by molar-refractivity contribution is 5.99. The fourth-order valence-electron chi connectivity index (χ4n) is 3.32. The lowest BCUT2D eigenvalue weighted by molar-refractivity contribution is -0.384. The van der Waals surface area contributed by atoms with E-state index in [-0.39, 0.29) is 48.5 Å². The molecule has 38 heavy (non-hydrogen) atoms. The third-order valence-corrected chi connectivity index (χ3v) is 5.41. The minimum absolute atomic E-state index is 0.108. The molecule has 0 unspecified atom stereocenters. The first-order valence-electron chi connectivity index (χ1n) is 10.9. The minimum atomic E-state index is -5.08. The molecule has 204 valence electrons. The maximum atomic E-state index is 13.0. The summed E-state index contributed by atoms with van der Waals surface area (Å²) in [7, 11) is 0. The standard InChI is InChI=1S/C21H21N3O7.C2HF3O2/c22-12-13-1-3-15(4-2-13)21(28)31-18-6-5-16(24(29)30)11-17(18)19(25)23-9-7-14(8-10-23)20(26)27;3-2(4,5)1(6)7/h1-6,11,14H,7-10,12,22H2,(H,26,27);(H,6,7). The molecule has 0 saturated carbocycles. The molecule has 0 aliphatic carbocycles. The molecule has 1 heterocycles. The highest BCUT2D eigenvalue weighted by atomic mass is 19.4. The fraction of sp³-hybridized carbons (Fsp3) is 0.304. The summed E-state index contributed by atoms with van der Waals surface area (Å²) in [6.07, 6.45) is -4.53. The Labute approximate surface area is 212 Å². The highest BCUT2D eigenvalue weighted by Crippen LogP contribution is 2.28. The van der Waals surface area contributed by atoms with E-state index in [2.05, 4.69) is 0 Å². The molecule has 3 rings (SSSR count). The Hall–Kier alpha value is -4.53. The van der Waals surface area contributed by atoms with E-state index >= 15 is 0 Å². The minimum Gasteiger partial charge on any atom is -0.481 e. The molecule has 1 aliphatic rings. The number of hydrogen-bond donors (Lipinski definition) is 3. The van der Waals surface area contributed by atoms with Crippen molar-refractivity contribution >= 4 is 29.5 Å². The number of carboxylic acids is 2. The summed E-state index contributed by atoms with van der Waals surface area (Å²) < 4.78 is 37.1. The number of carbonyl (C=O) groups excluding carboxylic acids is 2. The molecule has 4 N–H and O–H groups in total. The summed E-state index contributed by atoms with van der Waals surface area (Å²) in [6, 6.07) is 9.83. The molecule has 0 aromatic heterocycles. The van der Waals surface area contributed by atoms with Gasteiger partial charge in [0.2, 0.25) is 0 Å². The number of alkyl halides is 3. The van der Waals surface area contributed by atoms with Gasteiger partial charge >= 0.3 is 24.1 Å². The number of nitro groups is 1. The largest absolute Gasteiger partial charge is 0.490 e. The maximum Gasteiger partial charge on any atom is 0.490 e. The third-order valence-electron chi connectivity index (χ3n) is 5.41. The molecule has 12 nitrogen and oxygen atoms in total. The second kappa shape index (κ2) is 12.6. The van der Waals surface area contributed by atoms with E-state index in [1.54, 1.807) is 12.1 Å². The zero-order chi connectivity index (χ0) is 28.6. The lowest BCUT2D eigenvalue weighted by Gasteiger charge is -2.30. The van der Waals surface area contributed by atoms with Crippen LogP contribution in [-0.2, 0) is 16.1 Å². The zero-order valence-electron chi connectivity index (χ0n) is 19.5. The molecular weight excluding hydrogens is 519 g/mol. The SMILES string of the molecule is NCc1ccc(C(=O)Oc2ccc([N+](=O)[O-])cc2C(=O)N2CCC(C(=O)O)CC2)cc1.O=C(O)C(F)(F)F. The van der Waals surface area contributed by atoms with E-state index in [0.29, 0.717) is 6.54 Å². The Morgan fingerprint density at radius 3 is 2.05 bits per heavy atom. The van der Waals surface area contributed by atoms with E-state index in [1.807, 2.05) is 0 Å². The van der Waals surface area contributed by atoms with Crippen molar-refractivity contribution in [3.8, 4) is 5.75 Å². The average molecular weight is 541 g/mol. The van der Waals surface area contributed by atoms with Crippen LogP contribution in [0, 0.1) is 16.0 Å². The van der Waals surface area contributed by atoms with Crippen molar-refractivity contribution < 1.29 is 52.2 Å². The van der Waals surface area contributed by atoms with Crippen LogP contribution in [0.3, 0.4) is 0 Å². The molecule has 1 fully saturated rings. The van der Waals surface area contributed by atoms with Crippen LogP contribution in [0.15, 0.2) is 42.5 Å². The number of carbonyl (C=O) groups is 4. The molecule has 1 saturated heterocycles. The molecule has 1 aliphatic heterocycles. The van der Waals surface area contributed by atoms with Crippen molar-refractivity contribution in [3.63, 3.8) is 0 Å². The first-order chi connectivity index (χ1) is 17.7. The monoisotopic (exact) mass is 541 g/mol. The van der Waals surface area contributed by atoms with Gasteiger partial charge in [0.25, 0.3) is 11.6 Å². The number of halogens is 3. The maximum absolute atomic E-state index is 13.0. The summed E-state index contributed by atoms with van der Waals surface area (Å²) in [5, 5.41) is 27.4. The summed E-state index contributed by atoms with van der Waals surface area (Å²) in [6.45, 7) is 0.688. The molecule has 0 bridgehead atoms. The molecule has 0 spiro atoms. The zero-order valence-corrected chi connectivity index (χ0v) is 19.5. The number of rotatable bonds is 6. The van der Waals surface area contributed by atoms with E-state index in [0.717, 1.165) is 17.7 Å². The highest BCUT2D eigenvalue weighted by Gasteiger charge is 2.38. The lowest BCUT2D eigenvalue weighted by Crippen LogP contribution is -2.40. The quantitative estimate of drug-likeness (QED) is 0.212. The smallest absolute Gasteiger partial charge is 0.481 e. The van der Waals surface area contributed by atoms with Gasteiger partial charge in [0, 0.05) is 31.8 Å². The molecule has 1 amide bonds.